The average molecular weight is 393 g/mol. The highest BCUT2D eigenvalue weighted by Gasteiger charge is 2.31. The molecule has 0 aromatic heterocycles. The summed E-state index contributed by atoms with van der Waals surface area (Å²) in [5, 5.41) is 10.6. The average Bonchev–Trinajstić information content (AvgIpc) is 2.72. The van der Waals surface area contributed by atoms with Gasteiger partial charge in [0.1, 0.15) is 0 Å². The van der Waals surface area contributed by atoms with Crippen molar-refractivity contribution in [2.75, 3.05) is 0 Å². The third-order valence-electron chi connectivity index (χ3n) is 7.31. The van der Waals surface area contributed by atoms with Crippen molar-refractivity contribution in [3.05, 3.63) is 75.4 Å². The van der Waals surface area contributed by atoms with Crippen molar-refractivity contribution in [2.45, 2.75) is 92.1 Å². The van der Waals surface area contributed by atoms with Gasteiger partial charge >= 0.3 is 0 Å². The zero-order chi connectivity index (χ0) is 21.8. The molecule has 0 aliphatic carbocycles. The predicted molar refractivity (Wildman–Crippen MR) is 128 cm³/mol. The molecule has 0 bridgehead atoms. The second kappa shape index (κ2) is 9.30. The van der Waals surface area contributed by atoms with Gasteiger partial charge < -0.3 is 5.11 Å². The molecule has 0 unspecified atom stereocenters. The van der Waals surface area contributed by atoms with Gasteiger partial charge in [0.15, 0.2) is 0 Å². The van der Waals surface area contributed by atoms with E-state index in [0.29, 0.717) is 0 Å². The van der Waals surface area contributed by atoms with Crippen molar-refractivity contribution < 1.29 is 5.11 Å². The lowest BCUT2D eigenvalue weighted by molar-refractivity contribution is 0.0836. The smallest absolute Gasteiger partial charge is 0.0825 e. The summed E-state index contributed by atoms with van der Waals surface area (Å²) in [4.78, 5) is 0. The van der Waals surface area contributed by atoms with Crippen LogP contribution in [0.3, 0.4) is 0 Å². The van der Waals surface area contributed by atoms with Gasteiger partial charge in [-0.15, -0.1) is 0 Å². The van der Waals surface area contributed by atoms with E-state index in [9.17, 15) is 5.11 Å². The molecule has 0 saturated heterocycles. The highest BCUT2D eigenvalue weighted by atomic mass is 16.3. The first-order valence-corrected chi connectivity index (χ1v) is 11.3. The van der Waals surface area contributed by atoms with E-state index in [1.807, 2.05) is 19.9 Å². The Morgan fingerprint density at radius 3 is 1.69 bits per heavy atom. The first-order chi connectivity index (χ1) is 13.7. The molecule has 0 aliphatic rings. The van der Waals surface area contributed by atoms with Crippen molar-refractivity contribution in [3.8, 4) is 0 Å². The third kappa shape index (κ3) is 4.67. The monoisotopic (exact) mass is 392 g/mol. The Morgan fingerprint density at radius 1 is 0.724 bits per heavy atom. The Kier molecular flexibility index (Phi) is 7.51. The summed E-state index contributed by atoms with van der Waals surface area (Å²) in [5.41, 5.74) is 8.74. The molecule has 158 valence electrons. The van der Waals surface area contributed by atoms with E-state index < -0.39 is 5.60 Å². The van der Waals surface area contributed by atoms with E-state index >= 15 is 0 Å². The summed E-state index contributed by atoms with van der Waals surface area (Å²) in [7, 11) is 0. The molecule has 0 atom stereocenters. The quantitative estimate of drug-likeness (QED) is 0.490. The minimum absolute atomic E-state index is 0.0315. The first-order valence-electron chi connectivity index (χ1n) is 11.3. The van der Waals surface area contributed by atoms with E-state index in [0.717, 1.165) is 25.7 Å². The van der Waals surface area contributed by atoms with E-state index in [1.54, 1.807) is 0 Å². The maximum atomic E-state index is 10.6. The van der Waals surface area contributed by atoms with Gasteiger partial charge in [-0.25, -0.2) is 0 Å². The Morgan fingerprint density at radius 2 is 1.24 bits per heavy atom. The van der Waals surface area contributed by atoms with E-state index in [4.69, 9.17) is 0 Å². The number of rotatable bonds is 8. The fourth-order valence-corrected chi connectivity index (χ4v) is 4.44. The third-order valence-corrected chi connectivity index (χ3v) is 7.31. The predicted octanol–water partition coefficient (Wildman–Crippen LogP) is 7.59. The van der Waals surface area contributed by atoms with Crippen molar-refractivity contribution >= 4 is 6.08 Å². The number of hydrogen-bond acceptors (Lipinski definition) is 1. The minimum atomic E-state index is -0.710. The van der Waals surface area contributed by atoms with Gasteiger partial charge in [-0.05, 0) is 92.3 Å². The Balaban J connectivity index is 2.53. The molecular weight excluding hydrogens is 352 g/mol. The molecule has 1 N–H and O–H groups in total. The Hall–Kier alpha value is -1.86. The first kappa shape index (κ1) is 23.4. The van der Waals surface area contributed by atoms with Crippen LogP contribution in [0, 0.1) is 27.7 Å². The van der Waals surface area contributed by atoms with Crippen LogP contribution in [0.5, 0.6) is 0 Å². The van der Waals surface area contributed by atoms with Crippen LogP contribution in [0.25, 0.3) is 6.08 Å². The Bertz CT molecular complexity index is 841. The van der Waals surface area contributed by atoms with Crippen molar-refractivity contribution in [3.63, 3.8) is 0 Å². The van der Waals surface area contributed by atoms with Crippen LogP contribution in [0.15, 0.2) is 36.4 Å². The van der Waals surface area contributed by atoms with Crippen LogP contribution in [-0.2, 0) is 5.41 Å². The van der Waals surface area contributed by atoms with Crippen LogP contribution in [0.1, 0.15) is 92.3 Å². The lowest BCUT2D eigenvalue weighted by atomic mass is 9.69. The Labute approximate surface area is 178 Å². The molecule has 0 aliphatic heterocycles. The zero-order valence-electron chi connectivity index (χ0n) is 19.8. The fraction of sp³-hybridized carbons (Fsp3) is 0.500. The fourth-order valence-electron chi connectivity index (χ4n) is 4.44. The molecule has 2 aromatic rings. The lowest BCUT2D eigenvalue weighted by Crippen LogP contribution is -2.26. The molecule has 0 saturated carbocycles. The maximum absolute atomic E-state index is 10.6. The maximum Gasteiger partial charge on any atom is 0.0825 e. The number of hydrogen-bond donors (Lipinski definition) is 1. The molecule has 1 nitrogen and oxygen atoms in total. The normalized spacial score (nSPS) is 12.7. The summed E-state index contributed by atoms with van der Waals surface area (Å²) >= 11 is 0. The molecule has 0 amide bonds. The van der Waals surface area contributed by atoms with Crippen LogP contribution in [0.4, 0.5) is 0 Å². The molecule has 29 heavy (non-hydrogen) atoms. The molecule has 2 rings (SSSR count). The SMILES string of the molecule is CCC(O)(/C=C/c1ccc(C(CC)(CC)c2cc(C)c(C)c(C)c2)cc1C)CC. The largest absolute Gasteiger partial charge is 0.386 e. The highest BCUT2D eigenvalue weighted by molar-refractivity contribution is 5.57. The number of aliphatic hydroxyl groups is 1. The van der Waals surface area contributed by atoms with Crippen molar-refractivity contribution in [1.29, 1.82) is 0 Å². The van der Waals surface area contributed by atoms with Crippen LogP contribution < -0.4 is 0 Å². The molecule has 0 fully saturated rings. The van der Waals surface area contributed by atoms with Gasteiger partial charge in [0.2, 0.25) is 0 Å². The van der Waals surface area contributed by atoms with Gasteiger partial charge in [0, 0.05) is 5.41 Å². The van der Waals surface area contributed by atoms with Gasteiger partial charge in [-0.1, -0.05) is 70.2 Å². The summed E-state index contributed by atoms with van der Waals surface area (Å²) in [6.07, 6.45) is 7.67. The summed E-state index contributed by atoms with van der Waals surface area (Å²) in [6, 6.07) is 11.7. The van der Waals surface area contributed by atoms with Gasteiger partial charge in [-0.2, -0.15) is 0 Å². The second-order valence-electron chi connectivity index (χ2n) is 8.74. The number of aryl methyl sites for hydroxylation is 3. The molecule has 0 radical (unpaired) electrons. The van der Waals surface area contributed by atoms with Gasteiger partial charge in [0.05, 0.1) is 5.60 Å². The van der Waals surface area contributed by atoms with E-state index in [2.05, 4.69) is 78.0 Å². The zero-order valence-corrected chi connectivity index (χ0v) is 19.8. The van der Waals surface area contributed by atoms with Gasteiger partial charge in [0.25, 0.3) is 0 Å². The molecule has 0 heterocycles. The lowest BCUT2D eigenvalue weighted by Gasteiger charge is -2.34. The minimum Gasteiger partial charge on any atom is -0.386 e. The molecule has 1 heteroatoms. The highest BCUT2D eigenvalue weighted by Crippen LogP contribution is 2.41. The molecule has 2 aromatic carbocycles. The van der Waals surface area contributed by atoms with Gasteiger partial charge in [-0.3, -0.25) is 0 Å². The summed E-state index contributed by atoms with van der Waals surface area (Å²) in [6.45, 7) is 17.5. The van der Waals surface area contributed by atoms with E-state index in [-0.39, 0.29) is 5.41 Å². The topological polar surface area (TPSA) is 20.2 Å². The van der Waals surface area contributed by atoms with Crippen LogP contribution in [-0.4, -0.2) is 10.7 Å². The summed E-state index contributed by atoms with van der Waals surface area (Å²) < 4.78 is 0. The van der Waals surface area contributed by atoms with Crippen molar-refractivity contribution in [2.24, 2.45) is 0 Å². The standard InChI is InChI=1S/C28H40O/c1-9-27(29,10-2)16-15-24-13-14-25(19-22(24)7)28(11-3,12-4)26-17-20(5)23(8)21(6)18-26/h13-19,29H,9-12H2,1-8H3/b16-15+. The van der Waals surface area contributed by atoms with Crippen molar-refractivity contribution in [1.82, 2.24) is 0 Å². The molecule has 0 spiro atoms. The van der Waals surface area contributed by atoms with Crippen LogP contribution >= 0.6 is 0 Å². The van der Waals surface area contributed by atoms with E-state index in [1.165, 1.54) is 38.9 Å². The van der Waals surface area contributed by atoms with Crippen LogP contribution in [0.2, 0.25) is 0 Å². The summed E-state index contributed by atoms with van der Waals surface area (Å²) in [5.74, 6) is 0. The second-order valence-corrected chi connectivity index (χ2v) is 8.74. The number of benzene rings is 2. The molecular formula is C28H40O.